The maximum atomic E-state index is 4.63. The summed E-state index contributed by atoms with van der Waals surface area (Å²) in [4.78, 5) is 4.63. The van der Waals surface area contributed by atoms with Crippen LogP contribution in [0.4, 0.5) is 0 Å². The Morgan fingerprint density at radius 1 is 1.11 bits per heavy atom. The molecule has 2 aromatic heterocycles. The first-order valence-electron chi connectivity index (χ1n) is 5.90. The Hall–Kier alpha value is -1.61. The highest BCUT2D eigenvalue weighted by atomic mass is 79.9. The summed E-state index contributed by atoms with van der Waals surface area (Å²) in [5.74, 6) is 0. The molecule has 2 nitrogen and oxygen atoms in total. The smallest absolute Gasteiger partial charge is 0.137 e. The fourth-order valence-electron chi connectivity index (χ4n) is 2.08. The number of rotatable bonds is 2. The van der Waals surface area contributed by atoms with Gasteiger partial charge in [-0.1, -0.05) is 40.2 Å². The number of benzene rings is 1. The zero-order valence-electron chi connectivity index (χ0n) is 10.1. The lowest BCUT2D eigenvalue weighted by Crippen LogP contribution is -1.88. The molecule has 1 aromatic carbocycles. The van der Waals surface area contributed by atoms with Gasteiger partial charge >= 0.3 is 0 Å². The zero-order valence-corrected chi connectivity index (χ0v) is 11.7. The number of aryl methyl sites for hydroxylation is 1. The maximum Gasteiger partial charge on any atom is 0.137 e. The predicted molar refractivity (Wildman–Crippen MR) is 76.9 cm³/mol. The van der Waals surface area contributed by atoms with Crippen LogP contribution in [0.3, 0.4) is 0 Å². The van der Waals surface area contributed by atoms with Gasteiger partial charge in [0.15, 0.2) is 0 Å². The molecule has 0 saturated heterocycles. The quantitative estimate of drug-likeness (QED) is 0.699. The minimum atomic E-state index is 0.849. The molecule has 0 saturated carbocycles. The lowest BCUT2D eigenvalue weighted by Gasteiger charge is -2.00. The summed E-state index contributed by atoms with van der Waals surface area (Å²) in [6, 6.07) is 12.4. The second kappa shape index (κ2) is 4.58. The van der Waals surface area contributed by atoms with Crippen molar-refractivity contribution in [3.05, 3.63) is 70.1 Å². The molecule has 2 heterocycles. The first-order valence-corrected chi connectivity index (χ1v) is 6.69. The third-order valence-corrected chi connectivity index (χ3v) is 3.75. The summed E-state index contributed by atoms with van der Waals surface area (Å²) in [5.41, 5.74) is 4.60. The molecule has 0 N–H and O–H groups in total. The van der Waals surface area contributed by atoms with Crippen LogP contribution in [0.1, 0.15) is 16.8 Å². The number of nitrogens with zero attached hydrogens (tertiary/aromatic N) is 2. The van der Waals surface area contributed by atoms with Crippen LogP contribution in [-0.2, 0) is 6.42 Å². The summed E-state index contributed by atoms with van der Waals surface area (Å²) in [6.45, 7) is 2.09. The van der Waals surface area contributed by atoms with Crippen LogP contribution >= 0.6 is 15.9 Å². The van der Waals surface area contributed by atoms with Crippen molar-refractivity contribution in [1.29, 1.82) is 0 Å². The first-order chi connectivity index (χ1) is 8.72. The van der Waals surface area contributed by atoms with Crippen molar-refractivity contribution in [3.63, 3.8) is 0 Å². The van der Waals surface area contributed by atoms with E-state index in [0.717, 1.165) is 22.2 Å². The lowest BCUT2D eigenvalue weighted by molar-refractivity contribution is 1.10. The average molecular weight is 301 g/mol. The van der Waals surface area contributed by atoms with E-state index in [4.69, 9.17) is 0 Å². The summed E-state index contributed by atoms with van der Waals surface area (Å²) < 4.78 is 3.22. The number of imidazole rings is 1. The highest BCUT2D eigenvalue weighted by Crippen LogP contribution is 2.19. The van der Waals surface area contributed by atoms with Gasteiger partial charge in [0, 0.05) is 23.3 Å². The molecule has 3 rings (SSSR count). The highest BCUT2D eigenvalue weighted by molar-refractivity contribution is 9.10. The number of hydrogen-bond donors (Lipinski definition) is 0. The zero-order chi connectivity index (χ0) is 12.5. The van der Waals surface area contributed by atoms with Crippen LogP contribution in [0.15, 0.2) is 53.3 Å². The topological polar surface area (TPSA) is 17.3 Å². The largest absolute Gasteiger partial charge is 0.307 e. The van der Waals surface area contributed by atoms with E-state index >= 15 is 0 Å². The number of fused-ring (bicyclic) bond motifs is 1. The molecule has 0 fully saturated rings. The molecule has 0 unspecified atom stereocenters. The Labute approximate surface area is 114 Å². The number of halogens is 1. The van der Waals surface area contributed by atoms with Crippen LogP contribution in [0.2, 0.25) is 0 Å². The van der Waals surface area contributed by atoms with Crippen molar-refractivity contribution >= 4 is 21.6 Å². The van der Waals surface area contributed by atoms with Crippen molar-refractivity contribution in [2.24, 2.45) is 0 Å². The molecule has 90 valence electrons. The van der Waals surface area contributed by atoms with Gasteiger partial charge in [-0.3, -0.25) is 0 Å². The van der Waals surface area contributed by atoms with Crippen LogP contribution < -0.4 is 0 Å². The SMILES string of the molecule is Cc1ccc2nc(Cc3ccccc3Br)cn2c1. The van der Waals surface area contributed by atoms with E-state index in [0.29, 0.717) is 0 Å². The summed E-state index contributed by atoms with van der Waals surface area (Å²) in [5, 5.41) is 0. The molecule has 0 radical (unpaired) electrons. The monoisotopic (exact) mass is 300 g/mol. The minimum absolute atomic E-state index is 0.849. The molecule has 0 aliphatic rings. The van der Waals surface area contributed by atoms with E-state index in [-0.39, 0.29) is 0 Å². The fraction of sp³-hybridized carbons (Fsp3) is 0.133. The van der Waals surface area contributed by atoms with Gasteiger partial charge in [-0.15, -0.1) is 0 Å². The van der Waals surface area contributed by atoms with Gasteiger partial charge < -0.3 is 4.40 Å². The van der Waals surface area contributed by atoms with Crippen molar-refractivity contribution in [2.45, 2.75) is 13.3 Å². The van der Waals surface area contributed by atoms with E-state index in [9.17, 15) is 0 Å². The number of pyridine rings is 1. The second-order valence-corrected chi connectivity index (χ2v) is 5.33. The van der Waals surface area contributed by atoms with Crippen molar-refractivity contribution < 1.29 is 0 Å². The Kier molecular flexibility index (Phi) is 2.92. The van der Waals surface area contributed by atoms with E-state index in [1.165, 1.54) is 11.1 Å². The average Bonchev–Trinajstić information content (AvgIpc) is 2.73. The van der Waals surface area contributed by atoms with Crippen LogP contribution in [0.5, 0.6) is 0 Å². The van der Waals surface area contributed by atoms with Crippen LogP contribution in [0.25, 0.3) is 5.65 Å². The van der Waals surface area contributed by atoms with Gasteiger partial charge in [-0.25, -0.2) is 4.98 Å². The van der Waals surface area contributed by atoms with Gasteiger partial charge in [0.1, 0.15) is 5.65 Å². The Morgan fingerprint density at radius 3 is 2.78 bits per heavy atom. The lowest BCUT2D eigenvalue weighted by atomic mass is 10.1. The van der Waals surface area contributed by atoms with E-state index < -0.39 is 0 Å². The van der Waals surface area contributed by atoms with Crippen molar-refractivity contribution in [2.75, 3.05) is 0 Å². The van der Waals surface area contributed by atoms with Crippen molar-refractivity contribution in [1.82, 2.24) is 9.38 Å². The normalized spacial score (nSPS) is 11.0. The first kappa shape index (κ1) is 11.5. The van der Waals surface area contributed by atoms with E-state index in [1.807, 2.05) is 6.07 Å². The Morgan fingerprint density at radius 2 is 1.94 bits per heavy atom. The third-order valence-electron chi connectivity index (χ3n) is 2.98. The Bertz CT molecular complexity index is 701. The van der Waals surface area contributed by atoms with Crippen LogP contribution in [-0.4, -0.2) is 9.38 Å². The van der Waals surface area contributed by atoms with E-state index in [1.54, 1.807) is 0 Å². The fourth-order valence-corrected chi connectivity index (χ4v) is 2.50. The molecule has 0 bridgehead atoms. The molecule has 3 heteroatoms. The van der Waals surface area contributed by atoms with Crippen LogP contribution in [0, 0.1) is 6.92 Å². The highest BCUT2D eigenvalue weighted by Gasteiger charge is 2.05. The summed E-state index contributed by atoms with van der Waals surface area (Å²) in [7, 11) is 0. The molecule has 0 amide bonds. The molecule has 0 spiro atoms. The molecular weight excluding hydrogens is 288 g/mol. The maximum absolute atomic E-state index is 4.63. The van der Waals surface area contributed by atoms with Gasteiger partial charge in [0.25, 0.3) is 0 Å². The standard InChI is InChI=1S/C15H13BrN2/c1-11-6-7-15-17-13(10-18(15)9-11)8-12-4-2-3-5-14(12)16/h2-7,9-10H,8H2,1H3. The molecule has 3 aromatic rings. The second-order valence-electron chi connectivity index (χ2n) is 4.47. The molecule has 0 atom stereocenters. The predicted octanol–water partition coefficient (Wildman–Crippen LogP) is 4.00. The van der Waals surface area contributed by atoms with Gasteiger partial charge in [-0.2, -0.15) is 0 Å². The molecule has 0 aliphatic heterocycles. The van der Waals surface area contributed by atoms with Gasteiger partial charge in [0.05, 0.1) is 5.69 Å². The minimum Gasteiger partial charge on any atom is -0.307 e. The molecule has 0 aliphatic carbocycles. The van der Waals surface area contributed by atoms with Crippen molar-refractivity contribution in [3.8, 4) is 0 Å². The van der Waals surface area contributed by atoms with Gasteiger partial charge in [-0.05, 0) is 30.2 Å². The number of aromatic nitrogens is 2. The number of hydrogen-bond acceptors (Lipinski definition) is 1. The van der Waals surface area contributed by atoms with E-state index in [2.05, 4.69) is 75.0 Å². The summed E-state index contributed by atoms with van der Waals surface area (Å²) in [6.07, 6.45) is 5.05. The molecular formula is C15H13BrN2. The molecule has 18 heavy (non-hydrogen) atoms. The summed E-state index contributed by atoms with van der Waals surface area (Å²) >= 11 is 3.57. The Balaban J connectivity index is 1.98. The van der Waals surface area contributed by atoms with Gasteiger partial charge in [0.2, 0.25) is 0 Å². The third kappa shape index (κ3) is 2.18.